The molecule has 0 unspecified atom stereocenters. The van der Waals surface area contributed by atoms with Crippen LogP contribution in [0.4, 0.5) is 5.13 Å². The lowest BCUT2D eigenvalue weighted by atomic mass is 9.87. The molecular weight excluding hydrogens is 412 g/mol. The molecule has 2 heterocycles. The molecule has 0 N–H and O–H groups in total. The maximum atomic E-state index is 13.1. The zero-order chi connectivity index (χ0) is 21.4. The molecule has 4 nitrogen and oxygen atoms in total. The second kappa shape index (κ2) is 8.16. The Balaban J connectivity index is 1.43. The number of hydrogen-bond acceptors (Lipinski definition) is 5. The van der Waals surface area contributed by atoms with Crippen LogP contribution in [-0.4, -0.2) is 31.7 Å². The van der Waals surface area contributed by atoms with Gasteiger partial charge in [0, 0.05) is 24.0 Å². The van der Waals surface area contributed by atoms with Gasteiger partial charge in [-0.05, 0) is 36.0 Å². The van der Waals surface area contributed by atoms with Crippen molar-refractivity contribution in [2.75, 3.05) is 18.0 Å². The van der Waals surface area contributed by atoms with E-state index in [9.17, 15) is 8.42 Å². The minimum absolute atomic E-state index is 0.0138. The largest absolute Gasteiger partial charge is 0.348 e. The molecule has 4 rings (SSSR count). The lowest BCUT2D eigenvalue weighted by molar-refractivity contribution is 0.529. The molecular formula is C24H28N2O2S2. The number of nitrogens with zero attached hydrogens (tertiary/aromatic N) is 2. The molecule has 1 aliphatic rings. The zero-order valence-corrected chi connectivity index (χ0v) is 19.3. The predicted molar refractivity (Wildman–Crippen MR) is 125 cm³/mol. The van der Waals surface area contributed by atoms with E-state index in [1.807, 2.05) is 30.3 Å². The van der Waals surface area contributed by atoms with Gasteiger partial charge >= 0.3 is 0 Å². The third-order valence-corrected chi connectivity index (χ3v) is 8.94. The van der Waals surface area contributed by atoms with Gasteiger partial charge in [-0.1, -0.05) is 63.2 Å². The van der Waals surface area contributed by atoms with Crippen LogP contribution in [0.15, 0.2) is 64.9 Å². The third kappa shape index (κ3) is 4.30. The molecule has 1 fully saturated rings. The Morgan fingerprint density at radius 3 is 2.20 bits per heavy atom. The average molecular weight is 441 g/mol. The quantitative estimate of drug-likeness (QED) is 0.534. The number of piperidine rings is 1. The molecule has 6 heteroatoms. The van der Waals surface area contributed by atoms with Gasteiger partial charge in [0.2, 0.25) is 0 Å². The van der Waals surface area contributed by atoms with Crippen LogP contribution in [0.2, 0.25) is 0 Å². The summed E-state index contributed by atoms with van der Waals surface area (Å²) < 4.78 is 26.3. The SMILES string of the molecule is CC(C)(C)c1ccc(S(=O)(=O)C2CCN(c3nc(-c4ccccc4)cs3)CC2)cc1. The van der Waals surface area contributed by atoms with Crippen LogP contribution < -0.4 is 4.90 Å². The van der Waals surface area contributed by atoms with Gasteiger partial charge in [-0.15, -0.1) is 11.3 Å². The Bertz CT molecular complexity index is 1090. The molecule has 0 saturated carbocycles. The zero-order valence-electron chi connectivity index (χ0n) is 17.7. The van der Waals surface area contributed by atoms with E-state index < -0.39 is 9.84 Å². The topological polar surface area (TPSA) is 50.3 Å². The fourth-order valence-electron chi connectivity index (χ4n) is 3.85. The molecule has 0 radical (unpaired) electrons. The van der Waals surface area contributed by atoms with E-state index in [1.165, 1.54) is 0 Å². The van der Waals surface area contributed by atoms with Crippen LogP contribution >= 0.6 is 11.3 Å². The molecule has 3 aromatic rings. The Hall–Kier alpha value is -2.18. The summed E-state index contributed by atoms with van der Waals surface area (Å²) in [6.45, 7) is 7.83. The molecule has 0 bridgehead atoms. The smallest absolute Gasteiger partial charge is 0.185 e. The minimum Gasteiger partial charge on any atom is -0.348 e. The van der Waals surface area contributed by atoms with Crippen molar-refractivity contribution in [3.05, 3.63) is 65.5 Å². The summed E-state index contributed by atoms with van der Waals surface area (Å²) in [5, 5.41) is 2.71. The van der Waals surface area contributed by atoms with Crippen LogP contribution in [-0.2, 0) is 15.3 Å². The Labute approximate surface area is 183 Å². The Morgan fingerprint density at radius 2 is 1.60 bits per heavy atom. The van der Waals surface area contributed by atoms with Gasteiger partial charge in [-0.3, -0.25) is 0 Å². The predicted octanol–water partition coefficient (Wildman–Crippen LogP) is 5.55. The van der Waals surface area contributed by atoms with Crippen molar-refractivity contribution in [1.82, 2.24) is 4.98 Å². The number of anilines is 1. The first-order chi connectivity index (χ1) is 14.2. The maximum Gasteiger partial charge on any atom is 0.185 e. The van der Waals surface area contributed by atoms with Crippen molar-refractivity contribution in [1.29, 1.82) is 0 Å². The second-order valence-electron chi connectivity index (χ2n) is 8.89. The standard InChI is InChI=1S/C24H28N2O2S2/c1-24(2,3)19-9-11-20(12-10-19)30(27,28)21-13-15-26(16-14-21)23-25-22(17-29-23)18-7-5-4-6-8-18/h4-12,17,21H,13-16H2,1-3H3. The highest BCUT2D eigenvalue weighted by Gasteiger charge is 2.32. The Kier molecular flexibility index (Phi) is 5.73. The van der Waals surface area contributed by atoms with E-state index in [2.05, 4.69) is 43.2 Å². The highest BCUT2D eigenvalue weighted by Crippen LogP contribution is 2.32. The lowest BCUT2D eigenvalue weighted by Gasteiger charge is -2.31. The van der Waals surface area contributed by atoms with Gasteiger partial charge in [0.1, 0.15) is 0 Å². The van der Waals surface area contributed by atoms with Gasteiger partial charge < -0.3 is 4.90 Å². The normalized spacial score (nSPS) is 16.0. The van der Waals surface area contributed by atoms with Crippen molar-refractivity contribution < 1.29 is 8.42 Å². The molecule has 158 valence electrons. The van der Waals surface area contributed by atoms with Gasteiger partial charge in [0.05, 0.1) is 15.8 Å². The summed E-state index contributed by atoms with van der Waals surface area (Å²) in [5.41, 5.74) is 3.25. The van der Waals surface area contributed by atoms with Gasteiger partial charge in [0.15, 0.2) is 15.0 Å². The summed E-state index contributed by atoms with van der Waals surface area (Å²) in [6, 6.07) is 17.6. The first-order valence-electron chi connectivity index (χ1n) is 10.4. The second-order valence-corrected chi connectivity index (χ2v) is 12.0. The van der Waals surface area contributed by atoms with Gasteiger partial charge in [0.25, 0.3) is 0 Å². The molecule has 2 aromatic carbocycles. The highest BCUT2D eigenvalue weighted by molar-refractivity contribution is 7.92. The van der Waals surface area contributed by atoms with E-state index in [0.717, 1.165) is 22.0 Å². The number of sulfone groups is 1. The van der Waals surface area contributed by atoms with Crippen molar-refractivity contribution in [2.24, 2.45) is 0 Å². The number of thiazole rings is 1. The molecule has 0 atom stereocenters. The molecule has 1 saturated heterocycles. The maximum absolute atomic E-state index is 13.1. The van der Waals surface area contributed by atoms with E-state index in [4.69, 9.17) is 4.98 Å². The summed E-state index contributed by atoms with van der Waals surface area (Å²) in [7, 11) is -3.31. The van der Waals surface area contributed by atoms with Crippen molar-refractivity contribution in [3.63, 3.8) is 0 Å². The van der Waals surface area contributed by atoms with Crippen LogP contribution in [0.1, 0.15) is 39.2 Å². The number of aromatic nitrogens is 1. The summed E-state index contributed by atoms with van der Waals surface area (Å²) >= 11 is 1.63. The van der Waals surface area contributed by atoms with E-state index in [0.29, 0.717) is 30.8 Å². The molecule has 0 spiro atoms. The van der Waals surface area contributed by atoms with Crippen LogP contribution in [0.5, 0.6) is 0 Å². The lowest BCUT2D eigenvalue weighted by Crippen LogP contribution is -2.39. The first kappa shape index (κ1) is 21.1. The Morgan fingerprint density at radius 1 is 0.967 bits per heavy atom. The van der Waals surface area contributed by atoms with Crippen LogP contribution in [0.25, 0.3) is 11.3 Å². The fourth-order valence-corrected chi connectivity index (χ4v) is 6.47. The van der Waals surface area contributed by atoms with Crippen molar-refractivity contribution >= 4 is 26.3 Å². The van der Waals surface area contributed by atoms with Crippen molar-refractivity contribution in [2.45, 2.75) is 49.2 Å². The summed E-state index contributed by atoms with van der Waals surface area (Å²) in [6.07, 6.45) is 1.26. The highest BCUT2D eigenvalue weighted by atomic mass is 32.2. The summed E-state index contributed by atoms with van der Waals surface area (Å²) in [4.78, 5) is 7.43. The average Bonchev–Trinajstić information content (AvgIpc) is 3.24. The number of benzene rings is 2. The minimum atomic E-state index is -3.31. The molecule has 30 heavy (non-hydrogen) atoms. The van der Waals surface area contributed by atoms with Crippen LogP contribution in [0.3, 0.4) is 0 Å². The molecule has 1 aliphatic heterocycles. The summed E-state index contributed by atoms with van der Waals surface area (Å²) in [5.74, 6) is 0. The van der Waals surface area contributed by atoms with E-state index in [1.54, 1.807) is 23.5 Å². The van der Waals surface area contributed by atoms with E-state index in [-0.39, 0.29) is 10.7 Å². The monoisotopic (exact) mass is 440 g/mol. The van der Waals surface area contributed by atoms with Crippen LogP contribution in [0, 0.1) is 0 Å². The number of hydrogen-bond donors (Lipinski definition) is 0. The third-order valence-electron chi connectivity index (χ3n) is 5.76. The molecule has 0 aliphatic carbocycles. The van der Waals surface area contributed by atoms with E-state index >= 15 is 0 Å². The number of rotatable bonds is 4. The van der Waals surface area contributed by atoms with Gasteiger partial charge in [-0.2, -0.15) is 0 Å². The first-order valence-corrected chi connectivity index (χ1v) is 12.8. The van der Waals surface area contributed by atoms with Crippen molar-refractivity contribution in [3.8, 4) is 11.3 Å². The molecule has 1 aromatic heterocycles. The van der Waals surface area contributed by atoms with Gasteiger partial charge in [-0.25, -0.2) is 13.4 Å². The molecule has 0 amide bonds. The fraction of sp³-hybridized carbons (Fsp3) is 0.375.